The lowest BCUT2D eigenvalue weighted by molar-refractivity contribution is -0.116. The predicted octanol–water partition coefficient (Wildman–Crippen LogP) is 5.26. The van der Waals surface area contributed by atoms with Crippen molar-refractivity contribution in [2.24, 2.45) is 5.92 Å². The van der Waals surface area contributed by atoms with E-state index in [4.69, 9.17) is 4.74 Å². The molecule has 1 aliphatic heterocycles. The van der Waals surface area contributed by atoms with Crippen molar-refractivity contribution in [2.45, 2.75) is 45.4 Å². The molecule has 0 atom stereocenters. The van der Waals surface area contributed by atoms with Crippen molar-refractivity contribution in [2.75, 3.05) is 10.6 Å². The van der Waals surface area contributed by atoms with E-state index in [2.05, 4.69) is 10.6 Å². The summed E-state index contributed by atoms with van der Waals surface area (Å²) < 4.78 is 5.91. The SMILES string of the molecule is Cc1ccc2c(c1)NC(=O)c1cc(NC(=O)CCC3CCCC3)ccc1O2. The molecule has 2 aromatic carbocycles. The first-order valence-electron chi connectivity index (χ1n) is 9.62. The summed E-state index contributed by atoms with van der Waals surface area (Å²) in [6, 6.07) is 10.9. The van der Waals surface area contributed by atoms with Crippen LogP contribution in [0, 0.1) is 12.8 Å². The van der Waals surface area contributed by atoms with Gasteiger partial charge in [0.1, 0.15) is 5.75 Å². The molecule has 4 rings (SSSR count). The number of carbonyl (C=O) groups excluding carboxylic acids is 2. The highest BCUT2D eigenvalue weighted by Gasteiger charge is 2.22. The summed E-state index contributed by atoms with van der Waals surface area (Å²) in [5.41, 5.74) is 2.72. The minimum Gasteiger partial charge on any atom is -0.454 e. The van der Waals surface area contributed by atoms with Crippen LogP contribution in [0.5, 0.6) is 11.5 Å². The van der Waals surface area contributed by atoms with Crippen LogP contribution in [0.15, 0.2) is 36.4 Å². The van der Waals surface area contributed by atoms with Gasteiger partial charge in [-0.05, 0) is 55.2 Å². The van der Waals surface area contributed by atoms with Crippen LogP contribution in [-0.2, 0) is 4.79 Å². The number of ether oxygens (including phenoxy) is 1. The van der Waals surface area contributed by atoms with Crippen LogP contribution in [-0.4, -0.2) is 11.8 Å². The summed E-state index contributed by atoms with van der Waals surface area (Å²) >= 11 is 0. The molecule has 5 heteroatoms. The van der Waals surface area contributed by atoms with Crippen LogP contribution >= 0.6 is 0 Å². The van der Waals surface area contributed by atoms with Gasteiger partial charge >= 0.3 is 0 Å². The number of carbonyl (C=O) groups is 2. The van der Waals surface area contributed by atoms with Gasteiger partial charge in [0.25, 0.3) is 5.91 Å². The quantitative estimate of drug-likeness (QED) is 0.777. The van der Waals surface area contributed by atoms with Crippen LogP contribution in [0.2, 0.25) is 0 Å². The molecule has 140 valence electrons. The van der Waals surface area contributed by atoms with Gasteiger partial charge in [0, 0.05) is 12.1 Å². The Labute approximate surface area is 159 Å². The molecular formula is C22H24N2O3. The fourth-order valence-electron chi connectivity index (χ4n) is 3.87. The molecule has 1 aliphatic carbocycles. The molecule has 0 radical (unpaired) electrons. The summed E-state index contributed by atoms with van der Waals surface area (Å²) in [6.07, 6.45) is 6.51. The summed E-state index contributed by atoms with van der Waals surface area (Å²) in [5.74, 6) is 1.54. The first-order chi connectivity index (χ1) is 13.1. The fraction of sp³-hybridized carbons (Fsp3) is 0.364. The lowest BCUT2D eigenvalue weighted by Gasteiger charge is -2.11. The van der Waals surface area contributed by atoms with Crippen LogP contribution in [0.3, 0.4) is 0 Å². The molecule has 1 fully saturated rings. The maximum Gasteiger partial charge on any atom is 0.259 e. The Bertz CT molecular complexity index is 885. The van der Waals surface area contributed by atoms with E-state index in [0.717, 1.165) is 12.0 Å². The summed E-state index contributed by atoms with van der Waals surface area (Å²) in [5, 5.41) is 5.80. The van der Waals surface area contributed by atoms with E-state index in [1.54, 1.807) is 18.2 Å². The van der Waals surface area contributed by atoms with Gasteiger partial charge in [0.15, 0.2) is 5.75 Å². The van der Waals surface area contributed by atoms with Crippen LogP contribution in [0.25, 0.3) is 0 Å². The molecule has 0 bridgehead atoms. The first kappa shape index (κ1) is 17.6. The minimum absolute atomic E-state index is 0.00397. The van der Waals surface area contributed by atoms with Gasteiger partial charge in [-0.15, -0.1) is 0 Å². The van der Waals surface area contributed by atoms with Crippen molar-refractivity contribution in [3.05, 3.63) is 47.5 Å². The van der Waals surface area contributed by atoms with Gasteiger partial charge in [0.2, 0.25) is 5.91 Å². The smallest absolute Gasteiger partial charge is 0.259 e. The molecule has 2 aromatic rings. The zero-order chi connectivity index (χ0) is 18.8. The lowest BCUT2D eigenvalue weighted by Crippen LogP contribution is -2.14. The molecule has 2 aliphatic rings. The van der Waals surface area contributed by atoms with Crippen LogP contribution in [0.1, 0.15) is 54.4 Å². The highest BCUT2D eigenvalue weighted by atomic mass is 16.5. The van der Waals surface area contributed by atoms with E-state index in [1.807, 2.05) is 25.1 Å². The van der Waals surface area contributed by atoms with Crippen molar-refractivity contribution in [1.82, 2.24) is 0 Å². The first-order valence-corrected chi connectivity index (χ1v) is 9.62. The summed E-state index contributed by atoms with van der Waals surface area (Å²) in [7, 11) is 0. The molecule has 27 heavy (non-hydrogen) atoms. The number of aryl methyl sites for hydroxylation is 1. The highest BCUT2D eigenvalue weighted by molar-refractivity contribution is 6.09. The molecule has 5 nitrogen and oxygen atoms in total. The number of fused-ring (bicyclic) bond motifs is 2. The van der Waals surface area contributed by atoms with Gasteiger partial charge in [-0.25, -0.2) is 0 Å². The molecule has 1 heterocycles. The average molecular weight is 364 g/mol. The van der Waals surface area contributed by atoms with E-state index < -0.39 is 0 Å². The third-order valence-electron chi connectivity index (χ3n) is 5.37. The van der Waals surface area contributed by atoms with Crippen LogP contribution in [0.4, 0.5) is 11.4 Å². The minimum atomic E-state index is -0.239. The maximum atomic E-state index is 12.6. The Morgan fingerprint density at radius 1 is 1.15 bits per heavy atom. The second-order valence-corrected chi connectivity index (χ2v) is 7.50. The predicted molar refractivity (Wildman–Crippen MR) is 105 cm³/mol. The van der Waals surface area contributed by atoms with Gasteiger partial charge in [-0.1, -0.05) is 31.7 Å². The topological polar surface area (TPSA) is 67.4 Å². The number of rotatable bonds is 4. The number of benzene rings is 2. The van der Waals surface area contributed by atoms with E-state index in [0.29, 0.717) is 40.8 Å². The summed E-state index contributed by atoms with van der Waals surface area (Å²) in [4.78, 5) is 24.9. The Morgan fingerprint density at radius 3 is 2.74 bits per heavy atom. The standard InChI is InChI=1S/C22H24N2O3/c1-14-6-9-20-18(12-14)24-22(26)17-13-16(8-10-19(17)27-20)23-21(25)11-7-15-4-2-3-5-15/h6,8-10,12-13,15H,2-5,7,11H2,1H3,(H,23,25)(H,24,26). The number of amides is 2. The maximum absolute atomic E-state index is 12.6. The highest BCUT2D eigenvalue weighted by Crippen LogP contribution is 2.37. The average Bonchev–Trinajstić information content (AvgIpc) is 3.12. The Morgan fingerprint density at radius 2 is 1.93 bits per heavy atom. The molecular weight excluding hydrogens is 340 g/mol. The number of anilines is 2. The van der Waals surface area contributed by atoms with Gasteiger partial charge < -0.3 is 15.4 Å². The Kier molecular flexibility index (Phi) is 4.84. The van der Waals surface area contributed by atoms with E-state index in [9.17, 15) is 9.59 Å². The molecule has 0 aromatic heterocycles. The van der Waals surface area contributed by atoms with Crippen molar-refractivity contribution < 1.29 is 14.3 Å². The van der Waals surface area contributed by atoms with Gasteiger partial charge in [0.05, 0.1) is 11.3 Å². The number of nitrogens with one attached hydrogen (secondary N) is 2. The van der Waals surface area contributed by atoms with Crippen LogP contribution < -0.4 is 15.4 Å². The third-order valence-corrected chi connectivity index (χ3v) is 5.37. The lowest BCUT2D eigenvalue weighted by atomic mass is 10.0. The number of hydrogen-bond donors (Lipinski definition) is 2. The van der Waals surface area contributed by atoms with E-state index >= 15 is 0 Å². The monoisotopic (exact) mass is 364 g/mol. The van der Waals surface area contributed by atoms with E-state index in [1.165, 1.54) is 25.7 Å². The second kappa shape index (κ2) is 7.43. The molecule has 2 amide bonds. The van der Waals surface area contributed by atoms with Crippen molar-refractivity contribution in [3.63, 3.8) is 0 Å². The zero-order valence-electron chi connectivity index (χ0n) is 15.5. The van der Waals surface area contributed by atoms with Gasteiger partial charge in [-0.3, -0.25) is 9.59 Å². The zero-order valence-corrected chi connectivity index (χ0v) is 15.5. The summed E-state index contributed by atoms with van der Waals surface area (Å²) in [6.45, 7) is 1.96. The van der Waals surface area contributed by atoms with Crippen molar-refractivity contribution in [3.8, 4) is 11.5 Å². The molecule has 0 unspecified atom stereocenters. The number of hydrogen-bond acceptors (Lipinski definition) is 3. The normalized spacial score (nSPS) is 16.0. The van der Waals surface area contributed by atoms with Gasteiger partial charge in [-0.2, -0.15) is 0 Å². The molecule has 0 saturated heterocycles. The molecule has 0 spiro atoms. The molecule has 2 N–H and O–H groups in total. The van der Waals surface area contributed by atoms with Crippen molar-refractivity contribution >= 4 is 23.2 Å². The Hall–Kier alpha value is -2.82. The van der Waals surface area contributed by atoms with E-state index in [-0.39, 0.29) is 11.8 Å². The Balaban J connectivity index is 1.47. The largest absolute Gasteiger partial charge is 0.454 e. The third kappa shape index (κ3) is 3.97. The van der Waals surface area contributed by atoms with Crippen molar-refractivity contribution in [1.29, 1.82) is 0 Å². The second-order valence-electron chi connectivity index (χ2n) is 7.50. The fourth-order valence-corrected chi connectivity index (χ4v) is 3.87. The molecule has 1 saturated carbocycles.